The standard InChI is InChI=1S/C16H19N3O2S/c1-21-14-6-2-5-13(8-14)19-7-3-4-12(9-19)18-16(20)15-10-22-11-17-15/h2,5-6,8,10-12H,3-4,7,9H2,1H3,(H,18,20)/t12-/m1/s1. The molecule has 0 spiro atoms. The van der Waals surface area contributed by atoms with Crippen LogP contribution < -0.4 is 15.0 Å². The molecule has 2 heterocycles. The van der Waals surface area contributed by atoms with Gasteiger partial charge in [-0.1, -0.05) is 6.07 Å². The highest BCUT2D eigenvalue weighted by atomic mass is 32.1. The number of amides is 1. The number of anilines is 1. The van der Waals surface area contributed by atoms with E-state index in [0.717, 1.165) is 37.4 Å². The first-order chi connectivity index (χ1) is 10.8. The zero-order chi connectivity index (χ0) is 15.4. The number of piperidine rings is 1. The second kappa shape index (κ2) is 6.79. The third kappa shape index (κ3) is 3.39. The summed E-state index contributed by atoms with van der Waals surface area (Å²) in [5, 5.41) is 4.86. The molecule has 6 heteroatoms. The van der Waals surface area contributed by atoms with Crippen LogP contribution in [0.1, 0.15) is 23.3 Å². The van der Waals surface area contributed by atoms with Gasteiger partial charge in [-0.15, -0.1) is 11.3 Å². The summed E-state index contributed by atoms with van der Waals surface area (Å²) in [6.07, 6.45) is 2.05. The van der Waals surface area contributed by atoms with Crippen LogP contribution in [0.2, 0.25) is 0 Å². The van der Waals surface area contributed by atoms with Gasteiger partial charge in [0, 0.05) is 36.3 Å². The molecular formula is C16H19N3O2S. The molecule has 1 fully saturated rings. The van der Waals surface area contributed by atoms with Crippen LogP contribution in [0, 0.1) is 0 Å². The molecule has 1 N–H and O–H groups in total. The number of carbonyl (C=O) groups is 1. The second-order valence-electron chi connectivity index (χ2n) is 5.33. The van der Waals surface area contributed by atoms with Crippen molar-refractivity contribution in [1.29, 1.82) is 0 Å². The number of thiazole rings is 1. The van der Waals surface area contributed by atoms with E-state index in [4.69, 9.17) is 4.74 Å². The fraction of sp³-hybridized carbons (Fsp3) is 0.375. The Bertz CT molecular complexity index is 630. The van der Waals surface area contributed by atoms with Crippen LogP contribution in [0.3, 0.4) is 0 Å². The van der Waals surface area contributed by atoms with Gasteiger partial charge in [-0.25, -0.2) is 4.98 Å². The third-order valence-corrected chi connectivity index (χ3v) is 4.43. The van der Waals surface area contributed by atoms with Crippen LogP contribution in [0.15, 0.2) is 35.2 Å². The molecule has 1 saturated heterocycles. The Morgan fingerprint density at radius 1 is 1.50 bits per heavy atom. The summed E-state index contributed by atoms with van der Waals surface area (Å²) in [6, 6.07) is 8.19. The van der Waals surface area contributed by atoms with E-state index in [1.54, 1.807) is 18.0 Å². The summed E-state index contributed by atoms with van der Waals surface area (Å²) in [5.41, 5.74) is 3.31. The van der Waals surface area contributed by atoms with Crippen LogP contribution in [-0.2, 0) is 0 Å². The minimum Gasteiger partial charge on any atom is -0.497 e. The maximum absolute atomic E-state index is 12.1. The maximum atomic E-state index is 12.1. The Hall–Kier alpha value is -2.08. The summed E-state index contributed by atoms with van der Waals surface area (Å²) in [5.74, 6) is 0.768. The zero-order valence-corrected chi connectivity index (χ0v) is 13.3. The molecule has 0 radical (unpaired) electrons. The highest BCUT2D eigenvalue weighted by Crippen LogP contribution is 2.24. The Morgan fingerprint density at radius 3 is 3.18 bits per heavy atom. The van der Waals surface area contributed by atoms with E-state index in [9.17, 15) is 4.79 Å². The van der Waals surface area contributed by atoms with Crippen molar-refractivity contribution < 1.29 is 9.53 Å². The van der Waals surface area contributed by atoms with E-state index >= 15 is 0 Å². The number of nitrogens with zero attached hydrogens (tertiary/aromatic N) is 2. The molecule has 2 aromatic rings. The lowest BCUT2D eigenvalue weighted by Crippen LogP contribution is -2.47. The van der Waals surface area contributed by atoms with E-state index in [1.807, 2.05) is 18.2 Å². The summed E-state index contributed by atoms with van der Waals surface area (Å²) in [4.78, 5) is 18.5. The number of carbonyl (C=O) groups excluding carboxylic acids is 1. The lowest BCUT2D eigenvalue weighted by Gasteiger charge is -2.34. The van der Waals surface area contributed by atoms with Crippen molar-refractivity contribution in [1.82, 2.24) is 10.3 Å². The van der Waals surface area contributed by atoms with Crippen LogP contribution in [0.4, 0.5) is 5.69 Å². The Kier molecular flexibility index (Phi) is 4.58. The minimum atomic E-state index is -0.0845. The van der Waals surface area contributed by atoms with E-state index in [-0.39, 0.29) is 11.9 Å². The van der Waals surface area contributed by atoms with E-state index in [1.165, 1.54) is 11.3 Å². The molecule has 1 aromatic carbocycles. The number of rotatable bonds is 4. The van der Waals surface area contributed by atoms with Crippen molar-refractivity contribution in [2.75, 3.05) is 25.1 Å². The molecule has 22 heavy (non-hydrogen) atoms. The second-order valence-corrected chi connectivity index (χ2v) is 6.05. The van der Waals surface area contributed by atoms with Crippen molar-refractivity contribution in [2.45, 2.75) is 18.9 Å². The predicted octanol–water partition coefficient (Wildman–Crippen LogP) is 2.55. The summed E-state index contributed by atoms with van der Waals surface area (Å²) in [6.45, 7) is 1.80. The first kappa shape index (κ1) is 14.8. The number of benzene rings is 1. The third-order valence-electron chi connectivity index (χ3n) is 3.84. The van der Waals surface area contributed by atoms with Crippen molar-refractivity contribution in [3.05, 3.63) is 40.8 Å². The lowest BCUT2D eigenvalue weighted by molar-refractivity contribution is 0.0929. The first-order valence-electron chi connectivity index (χ1n) is 7.34. The summed E-state index contributed by atoms with van der Waals surface area (Å²) >= 11 is 1.44. The SMILES string of the molecule is COc1cccc(N2CCC[C@@H](NC(=O)c3cscn3)C2)c1. The highest BCUT2D eigenvalue weighted by molar-refractivity contribution is 7.07. The number of aromatic nitrogens is 1. The Morgan fingerprint density at radius 2 is 2.41 bits per heavy atom. The van der Waals surface area contributed by atoms with Crippen LogP contribution >= 0.6 is 11.3 Å². The number of nitrogens with one attached hydrogen (secondary N) is 1. The summed E-state index contributed by atoms with van der Waals surface area (Å²) in [7, 11) is 1.67. The smallest absolute Gasteiger partial charge is 0.271 e. The molecule has 1 aromatic heterocycles. The van der Waals surface area contributed by atoms with Gasteiger partial charge in [0.2, 0.25) is 0 Å². The van der Waals surface area contributed by atoms with Gasteiger partial charge in [0.15, 0.2) is 0 Å². The number of ether oxygens (including phenoxy) is 1. The summed E-state index contributed by atoms with van der Waals surface area (Å²) < 4.78 is 5.28. The van der Waals surface area contributed by atoms with Gasteiger partial charge >= 0.3 is 0 Å². The van der Waals surface area contributed by atoms with Crippen molar-refractivity contribution in [2.24, 2.45) is 0 Å². The molecule has 0 aliphatic carbocycles. The lowest BCUT2D eigenvalue weighted by atomic mass is 10.0. The molecule has 5 nitrogen and oxygen atoms in total. The van der Waals surface area contributed by atoms with Gasteiger partial charge in [0.1, 0.15) is 11.4 Å². The molecule has 3 rings (SSSR count). The molecular weight excluding hydrogens is 298 g/mol. The van der Waals surface area contributed by atoms with Crippen molar-refractivity contribution in [3.63, 3.8) is 0 Å². The highest BCUT2D eigenvalue weighted by Gasteiger charge is 2.22. The fourth-order valence-electron chi connectivity index (χ4n) is 2.72. The molecule has 0 bridgehead atoms. The zero-order valence-electron chi connectivity index (χ0n) is 12.5. The quantitative estimate of drug-likeness (QED) is 0.941. The Labute approximate surface area is 133 Å². The normalized spacial score (nSPS) is 18.0. The van der Waals surface area contributed by atoms with Crippen molar-refractivity contribution in [3.8, 4) is 5.75 Å². The van der Waals surface area contributed by atoms with Gasteiger partial charge < -0.3 is 15.0 Å². The maximum Gasteiger partial charge on any atom is 0.271 e. The molecule has 1 atom stereocenters. The van der Waals surface area contributed by atoms with E-state index < -0.39 is 0 Å². The molecule has 1 amide bonds. The number of hydrogen-bond acceptors (Lipinski definition) is 5. The topological polar surface area (TPSA) is 54.5 Å². The van der Waals surface area contributed by atoms with Gasteiger partial charge in [0.25, 0.3) is 5.91 Å². The van der Waals surface area contributed by atoms with Gasteiger partial charge in [-0.05, 0) is 25.0 Å². The van der Waals surface area contributed by atoms with Crippen LogP contribution in [-0.4, -0.2) is 37.1 Å². The molecule has 1 aliphatic heterocycles. The average Bonchev–Trinajstić information content (AvgIpc) is 3.10. The predicted molar refractivity (Wildman–Crippen MR) is 87.8 cm³/mol. The van der Waals surface area contributed by atoms with E-state index in [2.05, 4.69) is 21.3 Å². The first-order valence-corrected chi connectivity index (χ1v) is 8.28. The van der Waals surface area contributed by atoms with Crippen LogP contribution in [0.5, 0.6) is 5.75 Å². The van der Waals surface area contributed by atoms with Gasteiger partial charge in [0.05, 0.1) is 12.6 Å². The van der Waals surface area contributed by atoms with Gasteiger partial charge in [-0.3, -0.25) is 4.79 Å². The average molecular weight is 317 g/mol. The monoisotopic (exact) mass is 317 g/mol. The molecule has 1 aliphatic rings. The largest absolute Gasteiger partial charge is 0.497 e. The minimum absolute atomic E-state index is 0.0845. The van der Waals surface area contributed by atoms with Crippen LogP contribution in [0.25, 0.3) is 0 Å². The molecule has 0 saturated carbocycles. The van der Waals surface area contributed by atoms with Gasteiger partial charge in [-0.2, -0.15) is 0 Å². The Balaban J connectivity index is 1.65. The van der Waals surface area contributed by atoms with E-state index in [0.29, 0.717) is 5.69 Å². The molecule has 0 unspecified atom stereocenters. The van der Waals surface area contributed by atoms with Crippen molar-refractivity contribution >= 4 is 22.9 Å². The fourth-order valence-corrected chi connectivity index (χ4v) is 3.25. The number of methoxy groups -OCH3 is 1. The molecule has 116 valence electrons. The number of hydrogen-bond donors (Lipinski definition) is 1.